The molecule has 0 aliphatic heterocycles. The standard InChI is InChI=1S/C18H16N2O8S2.2Na/c1-10-4-3-5-14(18(10)28-2)19-20-16-15(30(25,26)27)9-11-8-12(29(22,23)24)6-7-13(11)17(16)21;;/h3-9,21H,1-2H3,(H,22,23,24)(H,25,26,27);;/q;2*+1/p-2. The van der Waals surface area contributed by atoms with Crippen molar-refractivity contribution in [2.24, 2.45) is 10.2 Å². The maximum absolute atomic E-state index is 11.7. The van der Waals surface area contributed by atoms with Gasteiger partial charge in [-0.1, -0.05) is 12.1 Å². The van der Waals surface area contributed by atoms with Gasteiger partial charge >= 0.3 is 59.1 Å². The molecule has 0 heterocycles. The summed E-state index contributed by atoms with van der Waals surface area (Å²) < 4.78 is 74.1. The van der Waals surface area contributed by atoms with Gasteiger partial charge in [0.2, 0.25) is 0 Å². The minimum Gasteiger partial charge on any atom is -0.744 e. The number of hydrogen-bond donors (Lipinski definition) is 1. The first-order valence-corrected chi connectivity index (χ1v) is 11.0. The zero-order valence-electron chi connectivity index (χ0n) is 17.6. The van der Waals surface area contributed by atoms with Gasteiger partial charge in [-0.3, -0.25) is 0 Å². The van der Waals surface area contributed by atoms with E-state index in [2.05, 4.69) is 10.2 Å². The number of phenols is 1. The van der Waals surface area contributed by atoms with Crippen LogP contribution in [0.15, 0.2) is 62.5 Å². The van der Waals surface area contributed by atoms with Crippen molar-refractivity contribution in [1.29, 1.82) is 0 Å². The average molecular weight is 496 g/mol. The fourth-order valence-electron chi connectivity index (χ4n) is 2.86. The maximum atomic E-state index is 11.7. The Hall–Kier alpha value is -1.06. The summed E-state index contributed by atoms with van der Waals surface area (Å²) in [5.41, 5.74) is 0.317. The van der Waals surface area contributed by atoms with Gasteiger partial charge < -0.3 is 18.9 Å². The molecule has 3 aromatic rings. The molecule has 32 heavy (non-hydrogen) atoms. The minimum absolute atomic E-state index is 0. The summed E-state index contributed by atoms with van der Waals surface area (Å²) in [5.74, 6) is -0.356. The van der Waals surface area contributed by atoms with Crippen LogP contribution >= 0.6 is 0 Å². The number of ether oxygens (including phenoxy) is 1. The Labute approximate surface area is 228 Å². The van der Waals surface area contributed by atoms with E-state index in [-0.39, 0.29) is 75.6 Å². The van der Waals surface area contributed by atoms with Crippen molar-refractivity contribution in [3.05, 3.63) is 48.0 Å². The van der Waals surface area contributed by atoms with Crippen molar-refractivity contribution in [2.75, 3.05) is 7.11 Å². The monoisotopic (exact) mass is 496 g/mol. The molecule has 1 N–H and O–H groups in total. The average Bonchev–Trinajstić information content (AvgIpc) is 2.65. The van der Waals surface area contributed by atoms with E-state index >= 15 is 0 Å². The molecule has 0 aliphatic carbocycles. The molecule has 3 rings (SSSR count). The second kappa shape index (κ2) is 10.9. The van der Waals surface area contributed by atoms with Crippen LogP contribution in [-0.2, 0) is 20.2 Å². The van der Waals surface area contributed by atoms with Crippen LogP contribution in [0.1, 0.15) is 5.56 Å². The van der Waals surface area contributed by atoms with Crippen LogP contribution in [0.25, 0.3) is 10.8 Å². The summed E-state index contributed by atoms with van der Waals surface area (Å²) in [4.78, 5) is -1.58. The number of methoxy groups -OCH3 is 1. The van der Waals surface area contributed by atoms with Crippen LogP contribution in [0.5, 0.6) is 11.5 Å². The molecule has 0 spiro atoms. The number of hydrogen-bond acceptors (Lipinski definition) is 10. The first kappa shape index (κ1) is 29.0. The molecule has 0 radical (unpaired) electrons. The zero-order valence-corrected chi connectivity index (χ0v) is 23.2. The topological polar surface area (TPSA) is 169 Å². The Kier molecular flexibility index (Phi) is 9.88. The Bertz CT molecular complexity index is 1410. The predicted octanol–water partition coefficient (Wildman–Crippen LogP) is -2.91. The van der Waals surface area contributed by atoms with Crippen molar-refractivity contribution in [3.8, 4) is 11.5 Å². The number of benzene rings is 3. The molecule has 0 bridgehead atoms. The Morgan fingerprint density at radius 1 is 0.938 bits per heavy atom. The van der Waals surface area contributed by atoms with E-state index in [0.29, 0.717) is 5.75 Å². The molecular weight excluding hydrogens is 482 g/mol. The zero-order chi connectivity index (χ0) is 22.3. The Morgan fingerprint density at radius 3 is 2.16 bits per heavy atom. The number of azo groups is 1. The van der Waals surface area contributed by atoms with Gasteiger partial charge in [-0.05, 0) is 48.2 Å². The van der Waals surface area contributed by atoms with Crippen molar-refractivity contribution in [1.82, 2.24) is 0 Å². The van der Waals surface area contributed by atoms with E-state index in [1.165, 1.54) is 13.2 Å². The van der Waals surface area contributed by atoms with Crippen LogP contribution in [0, 0.1) is 6.92 Å². The van der Waals surface area contributed by atoms with Crippen molar-refractivity contribution in [3.63, 3.8) is 0 Å². The number of rotatable bonds is 5. The third kappa shape index (κ3) is 6.08. The van der Waals surface area contributed by atoms with Crippen molar-refractivity contribution in [2.45, 2.75) is 16.7 Å². The number of nitrogens with zero attached hydrogens (tertiary/aromatic N) is 2. The van der Waals surface area contributed by atoms with E-state index in [9.17, 15) is 31.0 Å². The molecule has 10 nitrogen and oxygen atoms in total. The second-order valence-corrected chi connectivity index (χ2v) is 8.92. The maximum Gasteiger partial charge on any atom is 1.00 e. The molecule has 158 valence electrons. The summed E-state index contributed by atoms with van der Waals surface area (Å²) in [6, 6.07) is 8.67. The van der Waals surface area contributed by atoms with Gasteiger partial charge in [0.05, 0.1) is 16.9 Å². The first-order valence-electron chi connectivity index (χ1n) is 8.20. The van der Waals surface area contributed by atoms with Gasteiger partial charge in [0.1, 0.15) is 37.4 Å². The summed E-state index contributed by atoms with van der Waals surface area (Å²) in [6.45, 7) is 1.75. The Balaban J connectivity index is 0.00000256. The van der Waals surface area contributed by atoms with E-state index < -0.39 is 41.5 Å². The minimum atomic E-state index is -5.15. The Morgan fingerprint density at radius 2 is 1.59 bits per heavy atom. The van der Waals surface area contributed by atoms with E-state index in [1.54, 1.807) is 19.1 Å². The normalized spacial score (nSPS) is 11.8. The van der Waals surface area contributed by atoms with Crippen molar-refractivity contribution < 1.29 is 94.9 Å². The summed E-state index contributed by atoms with van der Waals surface area (Å²) in [7, 11) is -8.58. The number of para-hydroxylation sites is 1. The van der Waals surface area contributed by atoms with E-state index in [0.717, 1.165) is 29.8 Å². The molecule has 0 aromatic heterocycles. The van der Waals surface area contributed by atoms with Crippen LogP contribution in [0.4, 0.5) is 11.4 Å². The van der Waals surface area contributed by atoms with Crippen molar-refractivity contribution >= 4 is 42.4 Å². The molecule has 0 atom stereocenters. The van der Waals surface area contributed by atoms with Gasteiger partial charge in [-0.2, -0.15) is 0 Å². The fraction of sp³-hybridized carbons (Fsp3) is 0.111. The van der Waals surface area contributed by atoms with E-state index in [1.807, 2.05) is 0 Å². The molecule has 0 fully saturated rings. The van der Waals surface area contributed by atoms with E-state index in [4.69, 9.17) is 4.74 Å². The molecule has 0 amide bonds. The second-order valence-electron chi connectivity index (χ2n) is 6.19. The fourth-order valence-corrected chi connectivity index (χ4v) is 4.01. The van der Waals surface area contributed by atoms with Gasteiger partial charge in [-0.15, -0.1) is 10.2 Å². The number of aryl methyl sites for hydroxylation is 1. The SMILES string of the molecule is COc1c(C)cccc1N=Nc1c(S(=O)(=O)[O-])cc2cc(S(=O)(=O)[O-])ccc2c1O.[Na+].[Na+]. The first-order chi connectivity index (χ1) is 13.9. The summed E-state index contributed by atoms with van der Waals surface area (Å²) in [5, 5.41) is 18.0. The van der Waals surface area contributed by atoms with Gasteiger partial charge in [-0.25, -0.2) is 16.8 Å². The van der Waals surface area contributed by atoms with Gasteiger partial charge in [0.15, 0.2) is 5.75 Å². The largest absolute Gasteiger partial charge is 1.00 e. The summed E-state index contributed by atoms with van der Waals surface area (Å²) >= 11 is 0. The van der Waals surface area contributed by atoms with Crippen LogP contribution < -0.4 is 63.9 Å². The molecule has 14 heteroatoms. The quantitative estimate of drug-likeness (QED) is 0.223. The number of aromatic hydroxyl groups is 1. The molecular formula is C18H14N2Na2O8S2. The molecule has 3 aromatic carbocycles. The smallest absolute Gasteiger partial charge is 0.744 e. The van der Waals surface area contributed by atoms with Gasteiger partial charge in [0.25, 0.3) is 0 Å². The molecule has 0 aliphatic rings. The molecule has 0 saturated carbocycles. The third-order valence-corrected chi connectivity index (χ3v) is 5.91. The van der Waals surface area contributed by atoms with Crippen LogP contribution in [-0.4, -0.2) is 38.2 Å². The van der Waals surface area contributed by atoms with Crippen LogP contribution in [0.2, 0.25) is 0 Å². The van der Waals surface area contributed by atoms with Crippen LogP contribution in [0.3, 0.4) is 0 Å². The number of fused-ring (bicyclic) bond motifs is 1. The molecule has 0 unspecified atom stereocenters. The third-order valence-electron chi connectivity index (χ3n) is 4.23. The number of phenolic OH excluding ortho intramolecular Hbond substituents is 1. The molecule has 0 saturated heterocycles. The van der Waals surface area contributed by atoms with Gasteiger partial charge in [0, 0.05) is 5.39 Å². The summed E-state index contributed by atoms with van der Waals surface area (Å²) in [6.07, 6.45) is 0. The predicted molar refractivity (Wildman–Crippen MR) is 103 cm³/mol.